The summed E-state index contributed by atoms with van der Waals surface area (Å²) in [4.78, 5) is 12.5. The first-order valence-electron chi connectivity index (χ1n) is 4.58. The Balaban J connectivity index is 3.00. The van der Waals surface area contributed by atoms with E-state index in [0.717, 1.165) is 11.0 Å². The number of halogens is 2. The second-order valence-corrected chi connectivity index (χ2v) is 3.68. The molecule has 0 radical (unpaired) electrons. The molecule has 3 N–H and O–H groups in total. The molecular weight excluding hydrogens is 235 g/mol. The summed E-state index contributed by atoms with van der Waals surface area (Å²) in [5.74, 6) is -1.27. The zero-order chi connectivity index (χ0) is 12.3. The summed E-state index contributed by atoms with van der Waals surface area (Å²) in [6.07, 6.45) is -1.34. The molecule has 0 saturated heterocycles. The summed E-state index contributed by atoms with van der Waals surface area (Å²) in [5.41, 5.74) is 5.14. The molecule has 4 nitrogen and oxygen atoms in total. The normalized spacial score (nSPS) is 12.3. The van der Waals surface area contributed by atoms with E-state index >= 15 is 0 Å². The average Bonchev–Trinajstić information content (AvgIpc) is 2.29. The van der Waals surface area contributed by atoms with Crippen molar-refractivity contribution < 1.29 is 14.3 Å². The summed E-state index contributed by atoms with van der Waals surface area (Å²) >= 11 is 5.69. The van der Waals surface area contributed by atoms with E-state index in [1.54, 1.807) is 0 Å². The number of likely N-dealkylation sites (N-methyl/N-ethyl adjacent to an activating group) is 1. The molecule has 0 aliphatic heterocycles. The first-order chi connectivity index (χ1) is 7.47. The van der Waals surface area contributed by atoms with Gasteiger partial charge in [0.05, 0.1) is 5.69 Å². The van der Waals surface area contributed by atoms with Gasteiger partial charge in [0.15, 0.2) is 0 Å². The van der Waals surface area contributed by atoms with Gasteiger partial charge in [0.1, 0.15) is 11.9 Å². The van der Waals surface area contributed by atoms with Crippen molar-refractivity contribution >= 4 is 23.2 Å². The number of aliphatic hydroxyl groups is 1. The van der Waals surface area contributed by atoms with Crippen LogP contribution in [0.4, 0.5) is 10.1 Å². The highest BCUT2D eigenvalue weighted by molar-refractivity contribution is 6.30. The number of rotatable bonds is 3. The number of nitrogens with zero attached hydrogens (tertiary/aromatic N) is 1. The SMILES string of the molecule is CN(C(=O)C(O)CN)c1cc(Cl)ccc1F. The van der Waals surface area contributed by atoms with E-state index in [2.05, 4.69) is 0 Å². The van der Waals surface area contributed by atoms with E-state index in [4.69, 9.17) is 17.3 Å². The molecule has 1 unspecified atom stereocenters. The van der Waals surface area contributed by atoms with Gasteiger partial charge in [-0.25, -0.2) is 4.39 Å². The van der Waals surface area contributed by atoms with Crippen molar-refractivity contribution in [3.63, 3.8) is 0 Å². The third kappa shape index (κ3) is 2.69. The fourth-order valence-corrected chi connectivity index (χ4v) is 1.35. The molecule has 1 amide bonds. The summed E-state index contributed by atoms with van der Waals surface area (Å²) in [6.45, 7) is -0.217. The van der Waals surface area contributed by atoms with Crippen molar-refractivity contribution in [2.45, 2.75) is 6.10 Å². The smallest absolute Gasteiger partial charge is 0.256 e. The van der Waals surface area contributed by atoms with Crippen LogP contribution in [0.3, 0.4) is 0 Å². The van der Waals surface area contributed by atoms with E-state index < -0.39 is 17.8 Å². The zero-order valence-electron chi connectivity index (χ0n) is 8.65. The van der Waals surface area contributed by atoms with Crippen LogP contribution in [0.15, 0.2) is 18.2 Å². The Morgan fingerprint density at radius 3 is 2.88 bits per heavy atom. The van der Waals surface area contributed by atoms with Gasteiger partial charge in [-0.3, -0.25) is 4.79 Å². The minimum Gasteiger partial charge on any atom is -0.382 e. The minimum absolute atomic E-state index is 0.00463. The van der Waals surface area contributed by atoms with Gasteiger partial charge in [0.25, 0.3) is 5.91 Å². The highest BCUT2D eigenvalue weighted by Gasteiger charge is 2.21. The number of hydrogen-bond acceptors (Lipinski definition) is 3. The number of benzene rings is 1. The molecule has 1 rings (SSSR count). The maximum Gasteiger partial charge on any atom is 0.256 e. The van der Waals surface area contributed by atoms with Crippen molar-refractivity contribution in [2.24, 2.45) is 5.73 Å². The van der Waals surface area contributed by atoms with Crippen molar-refractivity contribution in [3.8, 4) is 0 Å². The molecule has 88 valence electrons. The Bertz CT molecular complexity index is 400. The van der Waals surface area contributed by atoms with Crippen LogP contribution in [-0.2, 0) is 4.79 Å². The third-order valence-corrected chi connectivity index (χ3v) is 2.34. The molecule has 0 heterocycles. The van der Waals surface area contributed by atoms with Gasteiger partial charge in [-0.1, -0.05) is 11.6 Å². The molecule has 0 saturated carbocycles. The van der Waals surface area contributed by atoms with Crippen LogP contribution in [0.2, 0.25) is 5.02 Å². The third-order valence-electron chi connectivity index (χ3n) is 2.11. The molecular formula is C10H12ClFN2O2. The summed E-state index contributed by atoms with van der Waals surface area (Å²) < 4.78 is 13.4. The van der Waals surface area contributed by atoms with Gasteiger partial charge in [-0.15, -0.1) is 0 Å². The molecule has 0 bridgehead atoms. The fraction of sp³-hybridized carbons (Fsp3) is 0.300. The molecule has 0 fully saturated rings. The number of nitrogens with two attached hydrogens (primary N) is 1. The fourth-order valence-electron chi connectivity index (χ4n) is 1.19. The van der Waals surface area contributed by atoms with Crippen molar-refractivity contribution in [1.29, 1.82) is 0 Å². The first kappa shape index (κ1) is 12.9. The van der Waals surface area contributed by atoms with Gasteiger partial charge in [0.2, 0.25) is 0 Å². The van der Waals surface area contributed by atoms with Gasteiger partial charge >= 0.3 is 0 Å². The quantitative estimate of drug-likeness (QED) is 0.828. The Kier molecular flexibility index (Phi) is 4.23. The lowest BCUT2D eigenvalue weighted by Crippen LogP contribution is -2.40. The molecule has 0 aliphatic rings. The van der Waals surface area contributed by atoms with Crippen LogP contribution >= 0.6 is 11.6 Å². The number of carbonyl (C=O) groups excluding carboxylic acids is 1. The molecule has 1 aromatic carbocycles. The van der Waals surface area contributed by atoms with E-state index in [9.17, 15) is 14.3 Å². The molecule has 0 spiro atoms. The molecule has 16 heavy (non-hydrogen) atoms. The van der Waals surface area contributed by atoms with Gasteiger partial charge < -0.3 is 15.7 Å². The van der Waals surface area contributed by atoms with Crippen LogP contribution in [0.5, 0.6) is 0 Å². The standard InChI is InChI=1S/C10H12ClFN2O2/c1-14(10(16)9(15)5-13)8-4-6(11)2-3-7(8)12/h2-4,9,15H,5,13H2,1H3. The van der Waals surface area contributed by atoms with Crippen LogP contribution in [0, 0.1) is 5.82 Å². The van der Waals surface area contributed by atoms with Gasteiger partial charge in [-0.05, 0) is 18.2 Å². The predicted octanol–water partition coefficient (Wildman–Crippen LogP) is 0.761. The topological polar surface area (TPSA) is 66.6 Å². The Morgan fingerprint density at radius 2 is 2.31 bits per heavy atom. The highest BCUT2D eigenvalue weighted by Crippen LogP contribution is 2.23. The Morgan fingerprint density at radius 1 is 1.69 bits per heavy atom. The van der Waals surface area contributed by atoms with E-state index in [0.29, 0.717) is 5.02 Å². The minimum atomic E-state index is -1.34. The second kappa shape index (κ2) is 5.25. The number of aliphatic hydroxyl groups excluding tert-OH is 1. The van der Waals surface area contributed by atoms with Gasteiger partial charge in [0, 0.05) is 18.6 Å². The van der Waals surface area contributed by atoms with E-state index in [-0.39, 0.29) is 12.2 Å². The Hall–Kier alpha value is -1.17. The lowest BCUT2D eigenvalue weighted by molar-refractivity contribution is -0.125. The summed E-state index contributed by atoms with van der Waals surface area (Å²) in [6, 6.07) is 3.83. The van der Waals surface area contributed by atoms with Crippen molar-refractivity contribution in [3.05, 3.63) is 29.0 Å². The number of amides is 1. The molecule has 6 heteroatoms. The number of anilines is 1. The Labute approximate surface area is 97.4 Å². The number of hydrogen-bond donors (Lipinski definition) is 2. The maximum atomic E-state index is 13.4. The lowest BCUT2D eigenvalue weighted by atomic mass is 10.2. The molecule has 1 atom stereocenters. The van der Waals surface area contributed by atoms with Gasteiger partial charge in [-0.2, -0.15) is 0 Å². The van der Waals surface area contributed by atoms with Crippen LogP contribution in [-0.4, -0.2) is 30.7 Å². The van der Waals surface area contributed by atoms with Crippen LogP contribution < -0.4 is 10.6 Å². The largest absolute Gasteiger partial charge is 0.382 e. The first-order valence-corrected chi connectivity index (χ1v) is 4.96. The average molecular weight is 247 g/mol. The second-order valence-electron chi connectivity index (χ2n) is 3.24. The number of carbonyl (C=O) groups is 1. The van der Waals surface area contributed by atoms with Crippen LogP contribution in [0.25, 0.3) is 0 Å². The summed E-state index contributed by atoms with van der Waals surface area (Å²) in [5, 5.41) is 9.55. The monoisotopic (exact) mass is 246 g/mol. The molecule has 1 aromatic rings. The van der Waals surface area contributed by atoms with Crippen molar-refractivity contribution in [2.75, 3.05) is 18.5 Å². The zero-order valence-corrected chi connectivity index (χ0v) is 9.41. The summed E-state index contributed by atoms with van der Waals surface area (Å²) in [7, 11) is 1.34. The van der Waals surface area contributed by atoms with Crippen molar-refractivity contribution in [1.82, 2.24) is 0 Å². The van der Waals surface area contributed by atoms with E-state index in [1.165, 1.54) is 19.2 Å². The van der Waals surface area contributed by atoms with E-state index in [1.807, 2.05) is 0 Å². The molecule has 0 aromatic heterocycles. The molecule has 0 aliphatic carbocycles. The van der Waals surface area contributed by atoms with Crippen LogP contribution in [0.1, 0.15) is 0 Å². The maximum absolute atomic E-state index is 13.4. The predicted molar refractivity (Wildman–Crippen MR) is 59.9 cm³/mol. The lowest BCUT2D eigenvalue weighted by Gasteiger charge is -2.20. The highest BCUT2D eigenvalue weighted by atomic mass is 35.5.